The Kier molecular flexibility index (Phi) is 8.35. The Hall–Kier alpha value is -4.90. The van der Waals surface area contributed by atoms with Crippen molar-refractivity contribution < 1.29 is 23.9 Å². The van der Waals surface area contributed by atoms with Gasteiger partial charge in [-0.2, -0.15) is 5.26 Å². The lowest BCUT2D eigenvalue weighted by Gasteiger charge is -2.11. The van der Waals surface area contributed by atoms with Crippen LogP contribution in [0.3, 0.4) is 0 Å². The number of nitriles is 1. The summed E-state index contributed by atoms with van der Waals surface area (Å²) in [5, 5.41) is 14.9. The van der Waals surface area contributed by atoms with Gasteiger partial charge < -0.3 is 20.1 Å². The fraction of sp³-hybridized carbons (Fsp3) is 0.111. The summed E-state index contributed by atoms with van der Waals surface area (Å²) >= 11 is 0. The number of amides is 2. The van der Waals surface area contributed by atoms with Crippen LogP contribution in [0.2, 0.25) is 0 Å². The van der Waals surface area contributed by atoms with E-state index in [9.17, 15) is 19.6 Å². The summed E-state index contributed by atoms with van der Waals surface area (Å²) < 4.78 is 10.3. The van der Waals surface area contributed by atoms with Crippen LogP contribution in [0.5, 0.6) is 5.75 Å². The van der Waals surface area contributed by atoms with Gasteiger partial charge in [-0.05, 0) is 61.0 Å². The summed E-state index contributed by atoms with van der Waals surface area (Å²) in [6.07, 6.45) is 1.38. The number of ether oxygens (including phenoxy) is 2. The van der Waals surface area contributed by atoms with Crippen LogP contribution in [-0.2, 0) is 14.3 Å². The molecule has 0 aliphatic rings. The van der Waals surface area contributed by atoms with Gasteiger partial charge in [0, 0.05) is 16.9 Å². The number of benzene rings is 3. The van der Waals surface area contributed by atoms with Gasteiger partial charge in [0.25, 0.3) is 11.8 Å². The zero-order valence-corrected chi connectivity index (χ0v) is 19.2. The Morgan fingerprint density at radius 1 is 0.943 bits per heavy atom. The Morgan fingerprint density at radius 2 is 1.69 bits per heavy atom. The molecular weight excluding hydrogens is 446 g/mol. The van der Waals surface area contributed by atoms with Crippen molar-refractivity contribution in [1.29, 1.82) is 5.26 Å². The van der Waals surface area contributed by atoms with Crippen molar-refractivity contribution in [2.75, 3.05) is 24.4 Å². The van der Waals surface area contributed by atoms with Crippen molar-refractivity contribution in [2.24, 2.45) is 0 Å². The summed E-state index contributed by atoms with van der Waals surface area (Å²) in [5.74, 6) is -1.13. The van der Waals surface area contributed by atoms with E-state index in [0.29, 0.717) is 28.3 Å². The van der Waals surface area contributed by atoms with Gasteiger partial charge in [0.1, 0.15) is 17.4 Å². The van der Waals surface area contributed by atoms with Crippen molar-refractivity contribution >= 4 is 35.2 Å². The molecule has 0 aliphatic carbocycles. The first-order valence-electron chi connectivity index (χ1n) is 10.6. The molecule has 0 saturated carbocycles. The van der Waals surface area contributed by atoms with Gasteiger partial charge in [0.05, 0.1) is 12.7 Å². The molecule has 0 atom stereocenters. The molecule has 3 aromatic rings. The average Bonchev–Trinajstić information content (AvgIpc) is 2.86. The molecule has 0 spiro atoms. The highest BCUT2D eigenvalue weighted by Gasteiger charge is 2.13. The largest absolute Gasteiger partial charge is 0.483 e. The summed E-state index contributed by atoms with van der Waals surface area (Å²) in [4.78, 5) is 36.5. The van der Waals surface area contributed by atoms with Crippen molar-refractivity contribution in [1.82, 2.24) is 0 Å². The second-order valence-electron chi connectivity index (χ2n) is 7.44. The third-order valence-corrected chi connectivity index (χ3v) is 4.81. The minimum atomic E-state index is -0.634. The SMILES string of the molecule is COC(=O)c1ccc(NC(=O)/C(C#N)=C/c2ccccc2OCC(=O)Nc2cccc(C)c2)cc1. The van der Waals surface area contributed by atoms with Gasteiger partial charge in [0.15, 0.2) is 6.61 Å². The van der Waals surface area contributed by atoms with Crippen LogP contribution >= 0.6 is 0 Å². The first kappa shape index (κ1) is 24.7. The Bertz CT molecular complexity index is 1310. The normalized spacial score (nSPS) is 10.6. The number of nitrogens with one attached hydrogen (secondary N) is 2. The summed E-state index contributed by atoms with van der Waals surface area (Å²) in [5.41, 5.74) is 2.71. The molecule has 176 valence electrons. The summed E-state index contributed by atoms with van der Waals surface area (Å²) in [6.45, 7) is 1.68. The summed E-state index contributed by atoms with van der Waals surface area (Å²) in [7, 11) is 1.28. The van der Waals surface area contributed by atoms with Crippen molar-refractivity contribution in [3.63, 3.8) is 0 Å². The predicted octanol–water partition coefficient (Wildman–Crippen LogP) is 4.34. The molecule has 8 nitrogen and oxygen atoms in total. The van der Waals surface area contributed by atoms with Gasteiger partial charge in [0.2, 0.25) is 0 Å². The number of nitrogens with zero attached hydrogens (tertiary/aromatic N) is 1. The Morgan fingerprint density at radius 3 is 2.37 bits per heavy atom. The number of hydrogen-bond acceptors (Lipinski definition) is 6. The molecule has 0 heterocycles. The first-order valence-corrected chi connectivity index (χ1v) is 10.6. The van der Waals surface area contributed by atoms with E-state index in [2.05, 4.69) is 15.4 Å². The minimum absolute atomic E-state index is 0.165. The topological polar surface area (TPSA) is 118 Å². The number of anilines is 2. The molecule has 0 saturated heterocycles. The molecule has 0 aliphatic heterocycles. The smallest absolute Gasteiger partial charge is 0.337 e. The van der Waals surface area contributed by atoms with E-state index in [1.807, 2.05) is 31.2 Å². The van der Waals surface area contributed by atoms with Crippen LogP contribution < -0.4 is 15.4 Å². The number of methoxy groups -OCH3 is 1. The van der Waals surface area contributed by atoms with Gasteiger partial charge in [-0.1, -0.05) is 30.3 Å². The number of esters is 1. The minimum Gasteiger partial charge on any atom is -0.483 e. The van der Waals surface area contributed by atoms with E-state index in [1.54, 1.807) is 30.3 Å². The maximum absolute atomic E-state index is 12.6. The lowest BCUT2D eigenvalue weighted by Crippen LogP contribution is -2.20. The molecule has 0 bridgehead atoms. The predicted molar refractivity (Wildman–Crippen MR) is 132 cm³/mol. The quantitative estimate of drug-likeness (QED) is 0.288. The van der Waals surface area contributed by atoms with Gasteiger partial charge in [-0.25, -0.2) is 4.79 Å². The molecule has 3 rings (SSSR count). The first-order chi connectivity index (χ1) is 16.9. The lowest BCUT2D eigenvalue weighted by molar-refractivity contribution is -0.118. The van der Waals surface area contributed by atoms with E-state index < -0.39 is 11.9 Å². The molecule has 2 amide bonds. The van der Waals surface area contributed by atoms with Crippen LogP contribution in [0.15, 0.2) is 78.4 Å². The highest BCUT2D eigenvalue weighted by Crippen LogP contribution is 2.22. The van der Waals surface area contributed by atoms with E-state index in [4.69, 9.17) is 4.74 Å². The van der Waals surface area contributed by atoms with Crippen LogP contribution in [0.1, 0.15) is 21.5 Å². The van der Waals surface area contributed by atoms with Crippen molar-refractivity contribution in [3.8, 4) is 11.8 Å². The zero-order valence-electron chi connectivity index (χ0n) is 19.2. The second kappa shape index (κ2) is 11.8. The van der Waals surface area contributed by atoms with Gasteiger partial charge in [-0.3, -0.25) is 9.59 Å². The maximum Gasteiger partial charge on any atom is 0.337 e. The van der Waals surface area contributed by atoms with Crippen LogP contribution in [0.4, 0.5) is 11.4 Å². The maximum atomic E-state index is 12.6. The molecule has 35 heavy (non-hydrogen) atoms. The number of para-hydroxylation sites is 1. The highest BCUT2D eigenvalue weighted by atomic mass is 16.5. The number of carbonyl (C=O) groups excluding carboxylic acids is 3. The van der Waals surface area contributed by atoms with E-state index in [-0.39, 0.29) is 18.1 Å². The fourth-order valence-corrected chi connectivity index (χ4v) is 3.10. The third-order valence-electron chi connectivity index (χ3n) is 4.81. The van der Waals surface area contributed by atoms with Gasteiger partial charge in [-0.15, -0.1) is 0 Å². The molecule has 3 aromatic carbocycles. The number of rotatable bonds is 8. The molecular formula is C27H23N3O5. The van der Waals surface area contributed by atoms with E-state index in [0.717, 1.165) is 5.56 Å². The monoisotopic (exact) mass is 469 g/mol. The molecule has 0 fully saturated rings. The average molecular weight is 469 g/mol. The molecule has 2 N–H and O–H groups in total. The van der Waals surface area contributed by atoms with Crippen LogP contribution in [0, 0.1) is 18.3 Å². The van der Waals surface area contributed by atoms with Crippen LogP contribution in [0.25, 0.3) is 6.08 Å². The third kappa shape index (κ3) is 7.04. The summed E-state index contributed by atoms with van der Waals surface area (Å²) in [6, 6.07) is 22.1. The Balaban J connectivity index is 1.68. The number of aryl methyl sites for hydroxylation is 1. The highest BCUT2D eigenvalue weighted by molar-refractivity contribution is 6.10. The second-order valence-corrected chi connectivity index (χ2v) is 7.44. The van der Waals surface area contributed by atoms with Crippen molar-refractivity contribution in [2.45, 2.75) is 6.92 Å². The van der Waals surface area contributed by atoms with Crippen molar-refractivity contribution in [3.05, 3.63) is 95.1 Å². The fourth-order valence-electron chi connectivity index (χ4n) is 3.10. The lowest BCUT2D eigenvalue weighted by atomic mass is 10.1. The Labute approximate surface area is 202 Å². The van der Waals surface area contributed by atoms with E-state index >= 15 is 0 Å². The number of carbonyl (C=O) groups is 3. The standard InChI is InChI=1S/C27H23N3O5/c1-18-6-5-8-23(14-18)29-25(31)17-35-24-9-4-3-7-20(24)15-21(16-28)26(32)30-22-12-10-19(11-13-22)27(33)34-2/h3-15H,17H2,1-2H3,(H,29,31)(H,30,32)/b21-15+. The zero-order chi connectivity index (χ0) is 25.2. The van der Waals surface area contributed by atoms with Gasteiger partial charge >= 0.3 is 5.97 Å². The van der Waals surface area contributed by atoms with Crippen LogP contribution in [-0.4, -0.2) is 31.5 Å². The molecule has 0 unspecified atom stereocenters. The van der Waals surface area contributed by atoms with E-state index in [1.165, 1.54) is 37.5 Å². The molecule has 0 radical (unpaired) electrons. The molecule has 8 heteroatoms. The number of hydrogen-bond donors (Lipinski definition) is 2. The molecule has 0 aromatic heterocycles.